The number of benzene rings is 3. The van der Waals surface area contributed by atoms with Crippen LogP contribution < -0.4 is 14.9 Å². The second-order valence-electron chi connectivity index (χ2n) is 7.00. The van der Waals surface area contributed by atoms with Crippen LogP contribution >= 0.6 is 11.3 Å². The zero-order valence-electron chi connectivity index (χ0n) is 15.6. The van der Waals surface area contributed by atoms with Crippen molar-refractivity contribution in [1.82, 2.24) is 10.3 Å². The molecule has 1 aliphatic rings. The predicted molar refractivity (Wildman–Crippen MR) is 119 cm³/mol. The second-order valence-corrected chi connectivity index (χ2v) is 9.66. The fraction of sp³-hybridized carbons (Fsp3) is 0.190. The quantitative estimate of drug-likeness (QED) is 0.523. The summed E-state index contributed by atoms with van der Waals surface area (Å²) in [5.74, 6) is 0. The van der Waals surface area contributed by atoms with Crippen LogP contribution in [0.5, 0.6) is 0 Å². The minimum absolute atomic E-state index is 0.274. The molecule has 8 heteroatoms. The molecule has 0 amide bonds. The zero-order chi connectivity index (χ0) is 19.8. The molecular weight excluding hydrogens is 404 g/mol. The molecule has 1 fully saturated rings. The van der Waals surface area contributed by atoms with Gasteiger partial charge in [0.15, 0.2) is 5.13 Å². The van der Waals surface area contributed by atoms with Crippen LogP contribution in [0, 0.1) is 0 Å². The number of nitrogens with zero attached hydrogens (tertiary/aromatic N) is 2. The first-order chi connectivity index (χ1) is 14.1. The Morgan fingerprint density at radius 3 is 2.66 bits per heavy atom. The van der Waals surface area contributed by atoms with Crippen LogP contribution in [0.2, 0.25) is 0 Å². The van der Waals surface area contributed by atoms with Crippen LogP contribution in [-0.4, -0.2) is 39.6 Å². The highest BCUT2D eigenvalue weighted by atomic mass is 32.2. The molecule has 3 aromatic carbocycles. The van der Waals surface area contributed by atoms with E-state index >= 15 is 0 Å². The van der Waals surface area contributed by atoms with Crippen molar-refractivity contribution in [3.8, 4) is 0 Å². The summed E-state index contributed by atoms with van der Waals surface area (Å²) in [5.41, 5.74) is 1.32. The van der Waals surface area contributed by atoms with Gasteiger partial charge in [-0.2, -0.15) is 0 Å². The minimum Gasteiger partial charge on any atom is -0.346 e. The topological polar surface area (TPSA) is 74.3 Å². The van der Waals surface area contributed by atoms with E-state index in [2.05, 4.69) is 14.9 Å². The van der Waals surface area contributed by atoms with Crippen molar-refractivity contribution in [3.05, 3.63) is 60.7 Å². The third-order valence-corrected chi connectivity index (χ3v) is 7.59. The van der Waals surface area contributed by atoms with Crippen LogP contribution in [0.3, 0.4) is 0 Å². The molecule has 0 unspecified atom stereocenters. The molecule has 0 spiro atoms. The number of hydrogen-bond acceptors (Lipinski definition) is 6. The van der Waals surface area contributed by atoms with Gasteiger partial charge in [-0.15, -0.1) is 0 Å². The van der Waals surface area contributed by atoms with Gasteiger partial charge in [0.25, 0.3) is 10.0 Å². The normalized spacial score (nSPS) is 15.1. The van der Waals surface area contributed by atoms with Crippen molar-refractivity contribution in [2.24, 2.45) is 0 Å². The fourth-order valence-corrected chi connectivity index (χ4v) is 5.89. The van der Waals surface area contributed by atoms with E-state index in [0.717, 1.165) is 46.9 Å². The molecule has 0 bridgehead atoms. The van der Waals surface area contributed by atoms with Gasteiger partial charge in [0.2, 0.25) is 0 Å². The summed E-state index contributed by atoms with van der Waals surface area (Å²) in [4.78, 5) is 7.27. The Bertz CT molecular complexity index is 1290. The van der Waals surface area contributed by atoms with E-state index in [4.69, 9.17) is 4.98 Å². The summed E-state index contributed by atoms with van der Waals surface area (Å²) < 4.78 is 29.9. The van der Waals surface area contributed by atoms with Crippen molar-refractivity contribution < 1.29 is 8.42 Å². The fourth-order valence-electron chi connectivity index (χ4n) is 3.61. The lowest BCUT2D eigenvalue weighted by molar-refractivity contribution is 0.588. The maximum absolute atomic E-state index is 13.1. The predicted octanol–water partition coefficient (Wildman–Crippen LogP) is 3.66. The number of rotatable bonds is 4. The second kappa shape index (κ2) is 7.29. The van der Waals surface area contributed by atoms with Crippen molar-refractivity contribution in [2.45, 2.75) is 4.90 Å². The number of aromatic nitrogens is 1. The zero-order valence-corrected chi connectivity index (χ0v) is 17.3. The smallest absolute Gasteiger partial charge is 0.262 e. The van der Waals surface area contributed by atoms with Crippen LogP contribution in [-0.2, 0) is 10.0 Å². The van der Waals surface area contributed by atoms with E-state index in [1.807, 2.05) is 36.4 Å². The van der Waals surface area contributed by atoms with E-state index in [-0.39, 0.29) is 4.90 Å². The molecule has 1 saturated heterocycles. The van der Waals surface area contributed by atoms with Gasteiger partial charge in [0.05, 0.1) is 20.8 Å². The highest BCUT2D eigenvalue weighted by Crippen LogP contribution is 2.32. The molecular formula is C21H20N4O2S2. The summed E-state index contributed by atoms with van der Waals surface area (Å²) in [5, 5.41) is 5.92. The number of fused-ring (bicyclic) bond motifs is 2. The first-order valence-corrected chi connectivity index (χ1v) is 11.8. The summed E-state index contributed by atoms with van der Waals surface area (Å²) >= 11 is 1.64. The standard InChI is InChI=1S/C21H20N4O2S2/c26-29(27,20-7-3-5-15-4-1-2-6-17(15)20)24-16-8-9-19-18(14-16)23-21(28-19)25-12-10-22-11-13-25/h1-9,14,22,24H,10-13H2. The third kappa shape index (κ3) is 3.55. The number of anilines is 2. The molecule has 4 aromatic rings. The number of hydrogen-bond donors (Lipinski definition) is 2. The third-order valence-electron chi connectivity index (χ3n) is 5.06. The number of nitrogens with one attached hydrogen (secondary N) is 2. The molecule has 0 saturated carbocycles. The molecule has 1 aliphatic heterocycles. The van der Waals surface area contributed by atoms with E-state index in [1.165, 1.54) is 0 Å². The summed E-state index contributed by atoms with van der Waals surface area (Å²) in [7, 11) is -3.72. The lowest BCUT2D eigenvalue weighted by Crippen LogP contribution is -2.43. The van der Waals surface area contributed by atoms with Crippen LogP contribution in [0.4, 0.5) is 10.8 Å². The Hall–Kier alpha value is -2.68. The van der Waals surface area contributed by atoms with Crippen molar-refractivity contribution in [3.63, 3.8) is 0 Å². The highest BCUT2D eigenvalue weighted by molar-refractivity contribution is 7.93. The van der Waals surface area contributed by atoms with Gasteiger partial charge in [0.1, 0.15) is 0 Å². The monoisotopic (exact) mass is 424 g/mol. The van der Waals surface area contributed by atoms with Gasteiger partial charge >= 0.3 is 0 Å². The van der Waals surface area contributed by atoms with E-state index in [0.29, 0.717) is 11.1 Å². The van der Waals surface area contributed by atoms with Gasteiger partial charge in [-0.05, 0) is 29.7 Å². The molecule has 29 heavy (non-hydrogen) atoms. The van der Waals surface area contributed by atoms with E-state index in [9.17, 15) is 8.42 Å². The Morgan fingerprint density at radius 1 is 1.00 bits per heavy atom. The Balaban J connectivity index is 1.47. The molecule has 0 radical (unpaired) electrons. The summed E-state index contributed by atoms with van der Waals surface area (Å²) in [6, 6.07) is 18.3. The number of sulfonamides is 1. The summed E-state index contributed by atoms with van der Waals surface area (Å²) in [6.07, 6.45) is 0. The van der Waals surface area contributed by atoms with Crippen LogP contribution in [0.15, 0.2) is 65.6 Å². The van der Waals surface area contributed by atoms with Gasteiger partial charge in [-0.3, -0.25) is 4.72 Å². The van der Waals surface area contributed by atoms with Gasteiger partial charge < -0.3 is 10.2 Å². The van der Waals surface area contributed by atoms with Crippen molar-refractivity contribution in [2.75, 3.05) is 35.8 Å². The highest BCUT2D eigenvalue weighted by Gasteiger charge is 2.19. The number of thiazole rings is 1. The average Bonchev–Trinajstić information content (AvgIpc) is 3.17. The molecule has 0 atom stereocenters. The van der Waals surface area contributed by atoms with Crippen molar-refractivity contribution in [1.29, 1.82) is 0 Å². The van der Waals surface area contributed by atoms with Crippen molar-refractivity contribution >= 4 is 53.2 Å². The maximum atomic E-state index is 13.1. The van der Waals surface area contributed by atoms with E-state index < -0.39 is 10.0 Å². The summed E-state index contributed by atoms with van der Waals surface area (Å²) in [6.45, 7) is 3.76. The Kier molecular flexibility index (Phi) is 4.61. The minimum atomic E-state index is -3.72. The van der Waals surface area contributed by atoms with Crippen LogP contribution in [0.25, 0.3) is 21.0 Å². The van der Waals surface area contributed by atoms with E-state index in [1.54, 1.807) is 35.6 Å². The lowest BCUT2D eigenvalue weighted by Gasteiger charge is -2.26. The largest absolute Gasteiger partial charge is 0.346 e. The molecule has 0 aliphatic carbocycles. The van der Waals surface area contributed by atoms with Gasteiger partial charge in [-0.1, -0.05) is 47.7 Å². The molecule has 5 rings (SSSR count). The molecule has 148 valence electrons. The SMILES string of the molecule is O=S(=O)(Nc1ccc2sc(N3CCNCC3)nc2c1)c1cccc2ccccc12. The molecule has 1 aromatic heterocycles. The first kappa shape index (κ1) is 18.4. The maximum Gasteiger partial charge on any atom is 0.262 e. The van der Waals surface area contributed by atoms with Gasteiger partial charge in [0, 0.05) is 31.6 Å². The molecule has 2 heterocycles. The number of piperazine rings is 1. The molecule has 6 nitrogen and oxygen atoms in total. The average molecular weight is 425 g/mol. The Labute approximate surface area is 173 Å². The first-order valence-electron chi connectivity index (χ1n) is 9.47. The lowest BCUT2D eigenvalue weighted by atomic mass is 10.1. The Morgan fingerprint density at radius 2 is 1.79 bits per heavy atom. The van der Waals surface area contributed by atoms with Gasteiger partial charge in [-0.25, -0.2) is 13.4 Å². The molecule has 2 N–H and O–H groups in total. The van der Waals surface area contributed by atoms with Crippen LogP contribution in [0.1, 0.15) is 0 Å².